The summed E-state index contributed by atoms with van der Waals surface area (Å²) >= 11 is 5.92. The van der Waals surface area contributed by atoms with Crippen molar-refractivity contribution in [2.75, 3.05) is 13.1 Å². The topological polar surface area (TPSA) is 41.1 Å². The highest BCUT2D eigenvalue weighted by Crippen LogP contribution is 2.28. The highest BCUT2D eigenvalue weighted by molar-refractivity contribution is 6.31. The standard InChI is InChI=1S/C13H15ClF4N2O/c1-12(2,9-4-3-8(15)5-10(9)14)20-6-11(21)19-7-13(16,17)18/h3-5,20H,6-7H2,1-2H3,(H,19,21). The van der Waals surface area contributed by atoms with Crippen LogP contribution in [0.4, 0.5) is 17.6 Å². The van der Waals surface area contributed by atoms with Gasteiger partial charge in [-0.05, 0) is 31.5 Å². The third-order valence-electron chi connectivity index (χ3n) is 2.78. The van der Waals surface area contributed by atoms with Crippen LogP contribution >= 0.6 is 11.6 Å². The fourth-order valence-electron chi connectivity index (χ4n) is 1.65. The largest absolute Gasteiger partial charge is 0.405 e. The van der Waals surface area contributed by atoms with Crippen molar-refractivity contribution in [1.29, 1.82) is 0 Å². The van der Waals surface area contributed by atoms with Crippen LogP contribution in [0.1, 0.15) is 19.4 Å². The smallest absolute Gasteiger partial charge is 0.346 e. The first-order chi connectivity index (χ1) is 9.51. The zero-order chi connectivity index (χ0) is 16.3. The molecule has 0 radical (unpaired) electrons. The first kappa shape index (κ1) is 17.7. The zero-order valence-corrected chi connectivity index (χ0v) is 12.2. The molecule has 0 saturated heterocycles. The van der Waals surface area contributed by atoms with Gasteiger partial charge < -0.3 is 5.32 Å². The van der Waals surface area contributed by atoms with Crippen LogP contribution in [0.3, 0.4) is 0 Å². The fraction of sp³-hybridized carbons (Fsp3) is 0.462. The fourth-order valence-corrected chi connectivity index (χ4v) is 2.06. The molecule has 0 fully saturated rings. The number of hydrogen-bond donors (Lipinski definition) is 2. The quantitative estimate of drug-likeness (QED) is 0.817. The number of rotatable bonds is 5. The van der Waals surface area contributed by atoms with Gasteiger partial charge in [-0.15, -0.1) is 0 Å². The maximum atomic E-state index is 13.0. The first-order valence-corrected chi connectivity index (χ1v) is 6.43. The van der Waals surface area contributed by atoms with E-state index in [2.05, 4.69) is 5.32 Å². The highest BCUT2D eigenvalue weighted by atomic mass is 35.5. The Morgan fingerprint density at radius 1 is 1.29 bits per heavy atom. The van der Waals surface area contributed by atoms with Crippen LogP contribution in [-0.4, -0.2) is 25.2 Å². The summed E-state index contributed by atoms with van der Waals surface area (Å²) in [7, 11) is 0. The van der Waals surface area contributed by atoms with Crippen LogP contribution in [0.2, 0.25) is 5.02 Å². The Labute approximate surface area is 124 Å². The Bertz CT molecular complexity index is 517. The molecule has 0 heterocycles. The van der Waals surface area contributed by atoms with E-state index in [0.717, 1.165) is 6.07 Å². The van der Waals surface area contributed by atoms with Crippen molar-refractivity contribution >= 4 is 17.5 Å². The Morgan fingerprint density at radius 2 is 1.90 bits per heavy atom. The number of benzene rings is 1. The van der Waals surface area contributed by atoms with Gasteiger partial charge in [0, 0.05) is 10.6 Å². The van der Waals surface area contributed by atoms with Gasteiger partial charge in [0.05, 0.1) is 6.54 Å². The van der Waals surface area contributed by atoms with Crippen LogP contribution in [-0.2, 0) is 10.3 Å². The molecule has 0 aliphatic rings. The van der Waals surface area contributed by atoms with E-state index in [4.69, 9.17) is 11.6 Å². The molecule has 1 aromatic carbocycles. The summed E-state index contributed by atoms with van der Waals surface area (Å²) < 4.78 is 48.9. The minimum absolute atomic E-state index is 0.170. The summed E-state index contributed by atoms with van der Waals surface area (Å²) in [6.07, 6.45) is -4.45. The van der Waals surface area contributed by atoms with Gasteiger partial charge in [-0.3, -0.25) is 10.1 Å². The second kappa shape index (κ2) is 6.62. The molecule has 1 rings (SSSR count). The summed E-state index contributed by atoms with van der Waals surface area (Å²) in [6, 6.07) is 3.80. The molecule has 1 aromatic rings. The van der Waals surface area contributed by atoms with Crippen molar-refractivity contribution < 1.29 is 22.4 Å². The molecule has 2 N–H and O–H groups in total. The maximum Gasteiger partial charge on any atom is 0.405 e. The van der Waals surface area contributed by atoms with Gasteiger partial charge in [-0.25, -0.2) is 4.39 Å². The molecule has 3 nitrogen and oxygen atoms in total. The summed E-state index contributed by atoms with van der Waals surface area (Å²) in [5, 5.41) is 4.71. The molecule has 1 amide bonds. The average molecular weight is 327 g/mol. The van der Waals surface area contributed by atoms with Crippen molar-refractivity contribution in [2.24, 2.45) is 0 Å². The van der Waals surface area contributed by atoms with Crippen LogP contribution in [0.15, 0.2) is 18.2 Å². The number of hydrogen-bond acceptors (Lipinski definition) is 2. The lowest BCUT2D eigenvalue weighted by Crippen LogP contribution is -2.45. The van der Waals surface area contributed by atoms with E-state index in [0.29, 0.717) is 5.56 Å². The third kappa shape index (κ3) is 5.89. The number of halogens is 5. The van der Waals surface area contributed by atoms with Crippen molar-refractivity contribution in [2.45, 2.75) is 25.6 Å². The number of carbonyl (C=O) groups excluding carboxylic acids is 1. The van der Waals surface area contributed by atoms with Crippen molar-refractivity contribution in [3.63, 3.8) is 0 Å². The van der Waals surface area contributed by atoms with Gasteiger partial charge in [0.15, 0.2) is 0 Å². The van der Waals surface area contributed by atoms with E-state index in [1.54, 1.807) is 19.2 Å². The molecular weight excluding hydrogens is 312 g/mol. The molecule has 0 unspecified atom stereocenters. The molecule has 21 heavy (non-hydrogen) atoms. The molecule has 0 aromatic heterocycles. The number of alkyl halides is 3. The van der Waals surface area contributed by atoms with E-state index in [9.17, 15) is 22.4 Å². The number of nitrogens with one attached hydrogen (secondary N) is 2. The second-order valence-corrected chi connectivity index (χ2v) is 5.40. The number of amides is 1. The molecular formula is C13H15ClF4N2O. The molecule has 0 bridgehead atoms. The van der Waals surface area contributed by atoms with Crippen LogP contribution in [0.25, 0.3) is 0 Å². The molecule has 0 spiro atoms. The van der Waals surface area contributed by atoms with Crippen molar-refractivity contribution in [1.82, 2.24) is 10.6 Å². The maximum absolute atomic E-state index is 13.0. The summed E-state index contributed by atoms with van der Waals surface area (Å²) in [4.78, 5) is 11.3. The van der Waals surface area contributed by atoms with Gasteiger partial charge in [0.25, 0.3) is 0 Å². The summed E-state index contributed by atoms with van der Waals surface area (Å²) in [5.41, 5.74) is -0.269. The minimum Gasteiger partial charge on any atom is -0.346 e. The lowest BCUT2D eigenvalue weighted by molar-refractivity contribution is -0.138. The summed E-state index contributed by atoms with van der Waals surface area (Å²) in [5.74, 6) is -1.29. The minimum atomic E-state index is -4.45. The van der Waals surface area contributed by atoms with E-state index in [1.165, 1.54) is 12.1 Å². The first-order valence-electron chi connectivity index (χ1n) is 6.05. The molecule has 0 aliphatic heterocycles. The monoisotopic (exact) mass is 326 g/mol. The summed E-state index contributed by atoms with van der Waals surface area (Å²) in [6.45, 7) is 1.66. The van der Waals surface area contributed by atoms with Gasteiger partial charge in [0.2, 0.25) is 5.91 Å². The molecule has 0 saturated carbocycles. The van der Waals surface area contributed by atoms with Crippen LogP contribution in [0, 0.1) is 5.82 Å². The predicted octanol–water partition coefficient (Wildman–Crippen LogP) is 2.98. The predicted molar refractivity (Wildman–Crippen MR) is 71.5 cm³/mol. The Balaban J connectivity index is 2.62. The Morgan fingerprint density at radius 3 is 2.43 bits per heavy atom. The average Bonchev–Trinajstić information content (AvgIpc) is 2.32. The van der Waals surface area contributed by atoms with Gasteiger partial charge in [0.1, 0.15) is 12.4 Å². The number of carbonyl (C=O) groups is 1. The highest BCUT2D eigenvalue weighted by Gasteiger charge is 2.28. The normalized spacial score (nSPS) is 12.3. The Hall–Kier alpha value is -1.34. The third-order valence-corrected chi connectivity index (χ3v) is 3.09. The van der Waals surface area contributed by atoms with Crippen LogP contribution in [0.5, 0.6) is 0 Å². The molecule has 0 atom stereocenters. The molecule has 118 valence electrons. The van der Waals surface area contributed by atoms with E-state index < -0.39 is 30.0 Å². The molecule has 0 aliphatic carbocycles. The van der Waals surface area contributed by atoms with Gasteiger partial charge in [-0.2, -0.15) is 13.2 Å². The van der Waals surface area contributed by atoms with E-state index in [1.807, 2.05) is 0 Å². The van der Waals surface area contributed by atoms with E-state index >= 15 is 0 Å². The molecule has 8 heteroatoms. The lowest BCUT2D eigenvalue weighted by Gasteiger charge is -2.27. The zero-order valence-electron chi connectivity index (χ0n) is 11.4. The lowest BCUT2D eigenvalue weighted by atomic mass is 9.94. The van der Waals surface area contributed by atoms with Crippen molar-refractivity contribution in [3.8, 4) is 0 Å². The van der Waals surface area contributed by atoms with Gasteiger partial charge >= 0.3 is 6.18 Å². The van der Waals surface area contributed by atoms with Crippen molar-refractivity contribution in [3.05, 3.63) is 34.6 Å². The van der Waals surface area contributed by atoms with E-state index in [-0.39, 0.29) is 11.6 Å². The Kier molecular flexibility index (Phi) is 5.58. The van der Waals surface area contributed by atoms with Crippen LogP contribution < -0.4 is 10.6 Å². The van der Waals surface area contributed by atoms with Gasteiger partial charge in [-0.1, -0.05) is 17.7 Å². The second-order valence-electron chi connectivity index (χ2n) is 4.99. The SMILES string of the molecule is CC(C)(NCC(=O)NCC(F)(F)F)c1ccc(F)cc1Cl.